The van der Waals surface area contributed by atoms with E-state index in [1.165, 1.54) is 4.79 Å². The van der Waals surface area contributed by atoms with Crippen molar-refractivity contribution in [3.05, 3.63) is 23.5 Å². The van der Waals surface area contributed by atoms with E-state index in [1.54, 1.807) is 6.08 Å². The molecule has 1 heterocycles. The van der Waals surface area contributed by atoms with Crippen LogP contribution in [0.5, 0.6) is 0 Å². The van der Waals surface area contributed by atoms with Gasteiger partial charge in [-0.2, -0.15) is 15.0 Å². The van der Waals surface area contributed by atoms with Crippen LogP contribution in [0, 0.1) is 13.8 Å². The van der Waals surface area contributed by atoms with Crippen LogP contribution in [0.3, 0.4) is 0 Å². The topological polar surface area (TPSA) is 30.2 Å². The normalized spacial score (nSPS) is 8.62. The Labute approximate surface area is 79.8 Å². The Hall–Kier alpha value is -1.38. The first-order chi connectivity index (χ1) is 6.20. The van der Waals surface area contributed by atoms with Crippen molar-refractivity contribution in [2.45, 2.75) is 27.7 Å². The maximum absolute atomic E-state index is 4.12. The molecule has 0 saturated heterocycles. The molecular weight excluding hydrogens is 162 g/mol. The lowest BCUT2D eigenvalue weighted by Crippen LogP contribution is -1.92. The second-order valence-electron chi connectivity index (χ2n) is 2.33. The van der Waals surface area contributed by atoms with Crippen molar-refractivity contribution in [2.24, 2.45) is 5.10 Å². The van der Waals surface area contributed by atoms with Gasteiger partial charge in [-0.1, -0.05) is 20.4 Å². The number of rotatable bonds is 2. The molecule has 0 aliphatic carbocycles. The second-order valence-corrected chi connectivity index (χ2v) is 2.33. The van der Waals surface area contributed by atoms with Gasteiger partial charge in [-0.25, -0.2) is 0 Å². The molecule has 72 valence electrons. The van der Waals surface area contributed by atoms with E-state index in [0.717, 1.165) is 17.0 Å². The van der Waals surface area contributed by atoms with Gasteiger partial charge in [0.1, 0.15) is 0 Å². The average Bonchev–Trinajstić information content (AvgIpc) is 2.46. The maximum Gasteiger partial charge on any atom is 0.0898 e. The zero-order valence-corrected chi connectivity index (χ0v) is 8.83. The molecule has 1 aromatic heterocycles. The molecule has 0 aromatic carbocycles. The van der Waals surface area contributed by atoms with Gasteiger partial charge in [0.25, 0.3) is 0 Å². The summed E-state index contributed by atoms with van der Waals surface area (Å²) < 4.78 is 0. The smallest absolute Gasteiger partial charge is 0.0898 e. The molecule has 1 aromatic rings. The molecule has 13 heavy (non-hydrogen) atoms. The quantitative estimate of drug-likeness (QED) is 0.642. The third kappa shape index (κ3) is 2.28. The van der Waals surface area contributed by atoms with E-state index in [2.05, 4.69) is 23.5 Å². The summed E-state index contributed by atoms with van der Waals surface area (Å²) in [5, 5.41) is 7.82. The van der Waals surface area contributed by atoms with E-state index in [0.29, 0.717) is 0 Å². The summed E-state index contributed by atoms with van der Waals surface area (Å²) in [5.41, 5.74) is 2.98. The molecule has 3 nitrogen and oxygen atoms in total. The zero-order chi connectivity index (χ0) is 10.4. The highest BCUT2D eigenvalue weighted by atomic mass is 15.5. The molecule has 0 aliphatic heterocycles. The van der Waals surface area contributed by atoms with Crippen LogP contribution in [0.2, 0.25) is 0 Å². The fourth-order valence-electron chi connectivity index (χ4n) is 0.949. The Morgan fingerprint density at radius 1 is 1.38 bits per heavy atom. The summed E-state index contributed by atoms with van der Waals surface area (Å²) in [6.07, 6.45) is 1.73. The predicted octanol–water partition coefficient (Wildman–Crippen LogP) is 2.63. The zero-order valence-electron chi connectivity index (χ0n) is 8.83. The number of hydrogen-bond donors (Lipinski definition) is 0. The molecule has 1 rings (SSSR count). The van der Waals surface area contributed by atoms with Crippen LogP contribution < -0.4 is 0 Å². The Bertz CT molecular complexity index is 297. The van der Waals surface area contributed by atoms with Gasteiger partial charge in [0.2, 0.25) is 0 Å². The van der Waals surface area contributed by atoms with Crippen LogP contribution in [0.4, 0.5) is 0 Å². The number of hydrogen-bond acceptors (Lipinski definition) is 2. The fourth-order valence-corrected chi connectivity index (χ4v) is 0.949. The molecule has 3 heteroatoms. The first kappa shape index (κ1) is 11.6. The fraction of sp³-hybridized carbons (Fsp3) is 0.400. The van der Waals surface area contributed by atoms with Crippen molar-refractivity contribution in [3.8, 4) is 0 Å². The van der Waals surface area contributed by atoms with Crippen LogP contribution in [0.1, 0.15) is 30.8 Å². The Morgan fingerprint density at radius 3 is 2.23 bits per heavy atom. The van der Waals surface area contributed by atoms with Gasteiger partial charge in [-0.3, -0.25) is 0 Å². The minimum atomic E-state index is 0.914. The Kier molecular flexibility index (Phi) is 4.74. The van der Waals surface area contributed by atoms with Crippen LogP contribution >= 0.6 is 0 Å². The van der Waals surface area contributed by atoms with E-state index >= 15 is 0 Å². The molecule has 0 spiro atoms. The van der Waals surface area contributed by atoms with E-state index < -0.39 is 0 Å². The third-order valence-corrected chi connectivity index (χ3v) is 1.71. The molecule has 0 bridgehead atoms. The average molecular weight is 179 g/mol. The summed E-state index contributed by atoms with van der Waals surface area (Å²) in [6, 6.07) is 0. The first-order valence-corrected chi connectivity index (χ1v) is 4.36. The number of nitrogens with zero attached hydrogens (tertiary/aromatic N) is 3. The molecular formula is C10H17N3. The van der Waals surface area contributed by atoms with Crippen LogP contribution in [0.15, 0.2) is 11.7 Å². The van der Waals surface area contributed by atoms with Gasteiger partial charge >= 0.3 is 0 Å². The summed E-state index contributed by atoms with van der Waals surface area (Å²) in [4.78, 5) is 1.48. The van der Waals surface area contributed by atoms with E-state index in [1.807, 2.05) is 27.7 Å². The predicted molar refractivity (Wildman–Crippen MR) is 58.1 cm³/mol. The van der Waals surface area contributed by atoms with Crippen LogP contribution in [-0.4, -0.2) is 16.6 Å². The molecule has 0 atom stereocenters. The van der Waals surface area contributed by atoms with Gasteiger partial charge < -0.3 is 0 Å². The highest BCUT2D eigenvalue weighted by molar-refractivity contribution is 5.48. The van der Waals surface area contributed by atoms with Crippen molar-refractivity contribution in [2.75, 3.05) is 0 Å². The van der Waals surface area contributed by atoms with Crippen molar-refractivity contribution >= 4 is 12.8 Å². The maximum atomic E-state index is 4.12. The molecule has 0 aliphatic rings. The largest absolute Gasteiger partial charge is 0.166 e. The second kappa shape index (κ2) is 5.30. The standard InChI is InChI=1S/C8H11N3.C2H6/c1-5-8-6(2)7(3)10-11(8)9-4;1-2/h5H,1,4H2,2-3H3;1-2H3. The van der Waals surface area contributed by atoms with E-state index in [-0.39, 0.29) is 0 Å². The van der Waals surface area contributed by atoms with Crippen molar-refractivity contribution in [3.63, 3.8) is 0 Å². The van der Waals surface area contributed by atoms with Gasteiger partial charge in [-0.15, -0.1) is 0 Å². The third-order valence-electron chi connectivity index (χ3n) is 1.71. The molecule has 0 fully saturated rings. The lowest BCUT2D eigenvalue weighted by Gasteiger charge is -1.93. The number of aryl methyl sites for hydroxylation is 1. The van der Waals surface area contributed by atoms with Gasteiger partial charge in [-0.05, 0) is 25.5 Å². The monoisotopic (exact) mass is 179 g/mol. The highest BCUT2D eigenvalue weighted by Crippen LogP contribution is 2.12. The summed E-state index contributed by atoms with van der Waals surface area (Å²) >= 11 is 0. The Balaban J connectivity index is 0.000000671. The van der Waals surface area contributed by atoms with Crippen LogP contribution in [0.25, 0.3) is 6.08 Å². The van der Waals surface area contributed by atoms with Gasteiger partial charge in [0.15, 0.2) is 0 Å². The lowest BCUT2D eigenvalue weighted by atomic mass is 10.2. The molecule has 0 amide bonds. The minimum absolute atomic E-state index is 0.914. The summed E-state index contributed by atoms with van der Waals surface area (Å²) in [5.74, 6) is 0. The first-order valence-electron chi connectivity index (χ1n) is 4.36. The molecule has 0 saturated carbocycles. The lowest BCUT2D eigenvalue weighted by molar-refractivity contribution is 0.730. The molecule has 0 radical (unpaired) electrons. The van der Waals surface area contributed by atoms with Crippen molar-refractivity contribution in [1.29, 1.82) is 0 Å². The Morgan fingerprint density at radius 2 is 1.92 bits per heavy atom. The number of aromatic nitrogens is 2. The van der Waals surface area contributed by atoms with Gasteiger partial charge in [0.05, 0.1) is 11.4 Å². The highest BCUT2D eigenvalue weighted by Gasteiger charge is 2.05. The van der Waals surface area contributed by atoms with Crippen molar-refractivity contribution in [1.82, 2.24) is 9.89 Å². The minimum Gasteiger partial charge on any atom is -0.166 e. The SMILES string of the molecule is C=Cc1c(C)c(C)nn1N=C.CC. The van der Waals surface area contributed by atoms with Gasteiger partial charge in [0, 0.05) is 6.72 Å². The van der Waals surface area contributed by atoms with E-state index in [9.17, 15) is 0 Å². The van der Waals surface area contributed by atoms with E-state index in [4.69, 9.17) is 0 Å². The summed E-state index contributed by atoms with van der Waals surface area (Å²) in [7, 11) is 0. The molecule has 0 N–H and O–H groups in total. The summed E-state index contributed by atoms with van der Waals surface area (Å²) in [6.45, 7) is 15.0. The molecule has 0 unspecified atom stereocenters. The van der Waals surface area contributed by atoms with Crippen LogP contribution in [-0.2, 0) is 0 Å². The van der Waals surface area contributed by atoms with Crippen molar-refractivity contribution < 1.29 is 0 Å².